The number of piperidine rings is 1. The van der Waals surface area contributed by atoms with Crippen molar-refractivity contribution in [2.24, 2.45) is 0 Å². The maximum atomic E-state index is 14.9. The number of hydrogen-bond donors (Lipinski definition) is 2. The number of aromatic nitrogens is 3. The van der Waals surface area contributed by atoms with Gasteiger partial charge in [0.1, 0.15) is 23.6 Å². The van der Waals surface area contributed by atoms with Crippen LogP contribution in [0.3, 0.4) is 0 Å². The van der Waals surface area contributed by atoms with Gasteiger partial charge in [0.2, 0.25) is 0 Å². The maximum Gasteiger partial charge on any atom is 0.410 e. The molecular formula is C22H23F2N5O4. The van der Waals surface area contributed by atoms with E-state index in [1.807, 2.05) is 0 Å². The van der Waals surface area contributed by atoms with Crippen LogP contribution in [0.15, 0.2) is 30.7 Å². The Kier molecular flexibility index (Phi) is 6.12. The van der Waals surface area contributed by atoms with Crippen LogP contribution in [-0.4, -0.2) is 55.8 Å². The van der Waals surface area contributed by atoms with Crippen molar-refractivity contribution in [2.75, 3.05) is 18.4 Å². The van der Waals surface area contributed by atoms with Gasteiger partial charge in [-0.2, -0.15) is 0 Å². The number of aromatic carboxylic acids is 1. The molecule has 1 fully saturated rings. The molecule has 0 bridgehead atoms. The minimum Gasteiger partial charge on any atom is -0.478 e. The first-order valence-corrected chi connectivity index (χ1v) is 10.5. The zero-order valence-electron chi connectivity index (χ0n) is 18.1. The number of halogens is 2. The lowest BCUT2D eigenvalue weighted by molar-refractivity contribution is 0.0660. The van der Waals surface area contributed by atoms with Crippen molar-refractivity contribution in [1.82, 2.24) is 19.4 Å². The lowest BCUT2D eigenvalue weighted by atomic mass is 10.1. The van der Waals surface area contributed by atoms with E-state index >= 15 is 0 Å². The number of nitrogens with zero attached hydrogens (tertiary/aromatic N) is 4. The van der Waals surface area contributed by atoms with Gasteiger partial charge in [-0.15, -0.1) is 0 Å². The summed E-state index contributed by atoms with van der Waals surface area (Å²) < 4.78 is 36.3. The van der Waals surface area contributed by atoms with Gasteiger partial charge in [0, 0.05) is 25.3 Å². The average molecular weight is 459 g/mol. The molecule has 3 aromatic rings. The second-order valence-electron chi connectivity index (χ2n) is 8.08. The fraction of sp³-hybridized carbons (Fsp3) is 0.364. The number of carboxylic acids is 1. The predicted molar refractivity (Wildman–Crippen MR) is 116 cm³/mol. The number of ether oxygens (including phenoxy) is 1. The molecular weight excluding hydrogens is 436 g/mol. The third kappa shape index (κ3) is 4.57. The van der Waals surface area contributed by atoms with Crippen molar-refractivity contribution in [1.29, 1.82) is 0 Å². The van der Waals surface area contributed by atoms with Crippen LogP contribution < -0.4 is 5.32 Å². The maximum absolute atomic E-state index is 14.9. The van der Waals surface area contributed by atoms with Crippen LogP contribution in [0.2, 0.25) is 0 Å². The Morgan fingerprint density at radius 1 is 1.18 bits per heavy atom. The summed E-state index contributed by atoms with van der Waals surface area (Å²) in [7, 11) is 0. The number of hydrogen-bond acceptors (Lipinski definition) is 6. The van der Waals surface area contributed by atoms with Crippen LogP contribution in [0.4, 0.5) is 25.1 Å². The first-order chi connectivity index (χ1) is 15.7. The Hall–Kier alpha value is -3.76. The number of fused-ring (bicyclic) bond motifs is 1. The van der Waals surface area contributed by atoms with Crippen molar-refractivity contribution in [2.45, 2.75) is 38.8 Å². The van der Waals surface area contributed by atoms with Crippen molar-refractivity contribution >= 4 is 34.6 Å². The van der Waals surface area contributed by atoms with E-state index in [1.165, 1.54) is 24.7 Å². The highest BCUT2D eigenvalue weighted by Crippen LogP contribution is 2.33. The van der Waals surface area contributed by atoms with Gasteiger partial charge in [-0.05, 0) is 44.9 Å². The minimum absolute atomic E-state index is 0.0378. The zero-order valence-corrected chi connectivity index (χ0v) is 18.1. The summed E-state index contributed by atoms with van der Waals surface area (Å²) in [5.41, 5.74) is 0.103. The summed E-state index contributed by atoms with van der Waals surface area (Å²) in [4.78, 5) is 33.0. The van der Waals surface area contributed by atoms with Crippen LogP contribution in [0.25, 0.3) is 11.0 Å². The average Bonchev–Trinajstić information content (AvgIpc) is 3.12. The summed E-state index contributed by atoms with van der Waals surface area (Å²) in [5.74, 6) is -2.56. The molecule has 0 spiro atoms. The lowest BCUT2D eigenvalue weighted by Crippen LogP contribution is -2.40. The molecule has 0 radical (unpaired) electrons. The third-order valence-corrected chi connectivity index (χ3v) is 5.48. The molecule has 1 amide bonds. The first kappa shape index (κ1) is 22.4. The molecule has 2 N–H and O–H groups in total. The first-order valence-electron chi connectivity index (χ1n) is 10.5. The monoisotopic (exact) mass is 459 g/mol. The molecule has 1 aliphatic rings. The molecule has 0 aliphatic carbocycles. The van der Waals surface area contributed by atoms with Gasteiger partial charge in [0.25, 0.3) is 0 Å². The van der Waals surface area contributed by atoms with E-state index in [9.17, 15) is 18.4 Å². The number of anilines is 2. The Bertz CT molecular complexity index is 1200. The molecule has 2 aromatic heterocycles. The fourth-order valence-corrected chi connectivity index (χ4v) is 3.89. The second-order valence-corrected chi connectivity index (χ2v) is 8.08. The van der Waals surface area contributed by atoms with E-state index in [2.05, 4.69) is 15.3 Å². The van der Waals surface area contributed by atoms with Crippen molar-refractivity contribution in [3.8, 4) is 0 Å². The van der Waals surface area contributed by atoms with Crippen LogP contribution >= 0.6 is 0 Å². The normalized spacial score (nSPS) is 14.6. The van der Waals surface area contributed by atoms with Gasteiger partial charge < -0.3 is 24.6 Å². The number of likely N-dealkylation sites (tertiary alicyclic amines) is 1. The number of carbonyl (C=O) groups is 2. The van der Waals surface area contributed by atoms with Gasteiger partial charge >= 0.3 is 12.1 Å². The molecule has 1 saturated heterocycles. The predicted octanol–water partition coefficient (Wildman–Crippen LogP) is 4.33. The van der Waals surface area contributed by atoms with E-state index in [0.29, 0.717) is 31.6 Å². The number of rotatable bonds is 5. The van der Waals surface area contributed by atoms with Crippen LogP contribution in [0.5, 0.6) is 0 Å². The quantitative estimate of drug-likeness (QED) is 0.584. The Balaban J connectivity index is 1.57. The van der Waals surface area contributed by atoms with Crippen LogP contribution in [0, 0.1) is 11.6 Å². The van der Waals surface area contributed by atoms with E-state index in [-0.39, 0.29) is 40.7 Å². The van der Waals surface area contributed by atoms with Gasteiger partial charge in [-0.25, -0.2) is 28.3 Å². The smallest absolute Gasteiger partial charge is 0.410 e. The molecule has 1 aliphatic heterocycles. The van der Waals surface area contributed by atoms with Gasteiger partial charge in [-0.3, -0.25) is 0 Å². The molecule has 33 heavy (non-hydrogen) atoms. The molecule has 174 valence electrons. The Labute approximate surface area is 188 Å². The van der Waals surface area contributed by atoms with Gasteiger partial charge in [0.15, 0.2) is 5.82 Å². The Morgan fingerprint density at radius 3 is 2.55 bits per heavy atom. The lowest BCUT2D eigenvalue weighted by Gasteiger charge is -2.32. The molecule has 1 aromatic carbocycles. The molecule has 9 nitrogen and oxygen atoms in total. The highest BCUT2D eigenvalue weighted by atomic mass is 19.1. The topological polar surface area (TPSA) is 110 Å². The molecule has 3 heterocycles. The highest BCUT2D eigenvalue weighted by molar-refractivity contribution is 5.91. The molecule has 0 atom stereocenters. The fourth-order valence-electron chi connectivity index (χ4n) is 3.89. The van der Waals surface area contributed by atoms with E-state index in [4.69, 9.17) is 9.84 Å². The molecule has 11 heteroatoms. The Morgan fingerprint density at radius 2 is 1.91 bits per heavy atom. The van der Waals surface area contributed by atoms with Gasteiger partial charge in [-0.1, -0.05) is 0 Å². The van der Waals surface area contributed by atoms with Crippen molar-refractivity contribution in [3.63, 3.8) is 0 Å². The van der Waals surface area contributed by atoms with Crippen molar-refractivity contribution < 1.29 is 28.2 Å². The SMILES string of the molecule is CC(C)OC(=O)N1CCC(n2cc(F)c3c(Nc4ccc(C(=O)O)cc4F)ncnc32)CC1. The molecule has 4 rings (SSSR count). The van der Waals surface area contributed by atoms with E-state index in [1.54, 1.807) is 23.3 Å². The zero-order chi connectivity index (χ0) is 23.7. The van der Waals surface area contributed by atoms with Crippen molar-refractivity contribution in [3.05, 3.63) is 47.9 Å². The number of carboxylic acid groups (broad SMARTS) is 1. The molecule has 0 unspecified atom stereocenters. The summed E-state index contributed by atoms with van der Waals surface area (Å²) >= 11 is 0. The molecule has 0 saturated carbocycles. The number of amides is 1. The largest absolute Gasteiger partial charge is 0.478 e. The van der Waals surface area contributed by atoms with Crippen LogP contribution in [-0.2, 0) is 4.74 Å². The minimum atomic E-state index is -1.25. The number of carbonyl (C=O) groups excluding carboxylic acids is 1. The van der Waals surface area contributed by atoms with Gasteiger partial charge in [0.05, 0.1) is 22.7 Å². The summed E-state index contributed by atoms with van der Waals surface area (Å²) in [6.45, 7) is 4.51. The summed E-state index contributed by atoms with van der Waals surface area (Å²) in [5, 5.41) is 11.8. The second kappa shape index (κ2) is 9.00. The number of benzene rings is 1. The standard InChI is InChI=1S/C22H23F2N5O4/c1-12(2)33-22(32)28-7-5-14(6-8-28)29-10-16(24)18-19(25-11-26-20(18)29)27-17-4-3-13(21(30)31)9-15(17)23/h3-4,9-12,14H,5-8H2,1-2H3,(H,30,31)(H,25,26,27). The summed E-state index contributed by atoms with van der Waals surface area (Å²) in [6.07, 6.45) is 3.20. The summed E-state index contributed by atoms with van der Waals surface area (Å²) in [6, 6.07) is 3.29. The van der Waals surface area contributed by atoms with E-state index < -0.39 is 17.6 Å². The van der Waals surface area contributed by atoms with E-state index in [0.717, 1.165) is 6.07 Å². The van der Waals surface area contributed by atoms with Crippen LogP contribution in [0.1, 0.15) is 43.1 Å². The third-order valence-electron chi connectivity index (χ3n) is 5.48. The highest BCUT2D eigenvalue weighted by Gasteiger charge is 2.28. The number of nitrogens with one attached hydrogen (secondary N) is 1.